The van der Waals surface area contributed by atoms with Gasteiger partial charge in [-0.3, -0.25) is 14.9 Å². The molecule has 1 aromatic carbocycles. The third-order valence-corrected chi connectivity index (χ3v) is 2.56. The van der Waals surface area contributed by atoms with Crippen molar-refractivity contribution in [1.82, 2.24) is 4.72 Å². The number of nitrogens with zero attached hydrogens (tertiary/aromatic N) is 1. The van der Waals surface area contributed by atoms with Crippen LogP contribution in [0.4, 0.5) is 11.4 Å². The zero-order valence-corrected chi connectivity index (χ0v) is 10.4. The number of amides is 1. The van der Waals surface area contributed by atoms with Crippen LogP contribution in [0.25, 0.3) is 0 Å². The highest BCUT2D eigenvalue weighted by Crippen LogP contribution is 2.24. The van der Waals surface area contributed by atoms with Crippen LogP contribution in [-0.2, 0) is 10.0 Å². The second-order valence-electron chi connectivity index (χ2n) is 3.44. The summed E-state index contributed by atoms with van der Waals surface area (Å²) in [6.07, 6.45) is 0.843. The smallest absolute Gasteiger partial charge is 0.292 e. The van der Waals surface area contributed by atoms with Gasteiger partial charge in [-0.05, 0) is 12.1 Å². The molecule has 0 radical (unpaired) electrons. The Labute approximate surface area is 103 Å². The highest BCUT2D eigenvalue weighted by molar-refractivity contribution is 7.89. The van der Waals surface area contributed by atoms with Crippen molar-refractivity contribution in [3.8, 4) is 0 Å². The molecule has 0 atom stereocenters. The number of nitro benzene ring substituents is 1. The minimum absolute atomic E-state index is 0.00961. The standard InChI is InChI=1S/C9H11N3O5S/c1-10-7-5-6(3-4-8(7)12(14)15)9(13)11-18(2,16)17/h3-5,10H,1-2H3,(H,11,13). The summed E-state index contributed by atoms with van der Waals surface area (Å²) in [5.74, 6) is -0.844. The SMILES string of the molecule is CNc1cc(C(=O)NS(C)(=O)=O)ccc1[N+](=O)[O-]. The van der Waals surface area contributed by atoms with E-state index in [0.717, 1.165) is 12.3 Å². The van der Waals surface area contributed by atoms with E-state index < -0.39 is 20.9 Å². The summed E-state index contributed by atoms with van der Waals surface area (Å²) in [4.78, 5) is 21.6. The first-order valence-corrected chi connectivity index (χ1v) is 6.62. The van der Waals surface area contributed by atoms with E-state index >= 15 is 0 Å². The molecule has 1 rings (SSSR count). The number of hydrogen-bond acceptors (Lipinski definition) is 6. The molecule has 1 amide bonds. The minimum atomic E-state index is -3.67. The maximum absolute atomic E-state index is 11.5. The summed E-state index contributed by atoms with van der Waals surface area (Å²) in [6.45, 7) is 0. The van der Waals surface area contributed by atoms with Gasteiger partial charge < -0.3 is 5.32 Å². The summed E-state index contributed by atoms with van der Waals surface area (Å²) in [6, 6.07) is 3.52. The molecule has 9 heteroatoms. The zero-order chi connectivity index (χ0) is 13.9. The maximum atomic E-state index is 11.5. The van der Waals surface area contributed by atoms with Gasteiger partial charge in [0.05, 0.1) is 11.2 Å². The van der Waals surface area contributed by atoms with Crippen LogP contribution in [0.3, 0.4) is 0 Å². The van der Waals surface area contributed by atoms with Crippen LogP contribution in [0.2, 0.25) is 0 Å². The van der Waals surface area contributed by atoms with Crippen molar-refractivity contribution in [3.63, 3.8) is 0 Å². The number of rotatable bonds is 4. The van der Waals surface area contributed by atoms with Gasteiger partial charge in [0.25, 0.3) is 11.6 Å². The molecule has 18 heavy (non-hydrogen) atoms. The Kier molecular flexibility index (Phi) is 3.86. The average molecular weight is 273 g/mol. The number of benzene rings is 1. The van der Waals surface area contributed by atoms with Crippen molar-refractivity contribution in [2.24, 2.45) is 0 Å². The molecule has 1 aromatic rings. The molecule has 0 aliphatic carbocycles. The topological polar surface area (TPSA) is 118 Å². The molecule has 0 unspecified atom stereocenters. The minimum Gasteiger partial charge on any atom is -0.383 e. The number of sulfonamides is 1. The largest absolute Gasteiger partial charge is 0.383 e. The molecule has 0 spiro atoms. The first kappa shape index (κ1) is 13.9. The van der Waals surface area contributed by atoms with Crippen LogP contribution >= 0.6 is 0 Å². The van der Waals surface area contributed by atoms with Gasteiger partial charge in [0.1, 0.15) is 5.69 Å². The maximum Gasteiger partial charge on any atom is 0.292 e. The van der Waals surface area contributed by atoms with Gasteiger partial charge in [-0.1, -0.05) is 0 Å². The molecule has 0 fully saturated rings. The summed E-state index contributed by atoms with van der Waals surface area (Å²) in [5, 5.41) is 13.2. The molecule has 0 bridgehead atoms. The molecule has 0 heterocycles. The third-order valence-electron chi connectivity index (χ3n) is 2.00. The van der Waals surface area contributed by atoms with Crippen molar-refractivity contribution in [2.75, 3.05) is 18.6 Å². The van der Waals surface area contributed by atoms with E-state index in [2.05, 4.69) is 5.32 Å². The lowest BCUT2D eigenvalue weighted by Gasteiger charge is -2.06. The van der Waals surface area contributed by atoms with Crippen LogP contribution in [0.1, 0.15) is 10.4 Å². The van der Waals surface area contributed by atoms with E-state index in [-0.39, 0.29) is 16.9 Å². The van der Waals surface area contributed by atoms with E-state index in [9.17, 15) is 23.3 Å². The van der Waals surface area contributed by atoms with Crippen molar-refractivity contribution in [2.45, 2.75) is 0 Å². The second kappa shape index (κ2) is 5.00. The predicted molar refractivity (Wildman–Crippen MR) is 65.0 cm³/mol. The fourth-order valence-corrected chi connectivity index (χ4v) is 1.72. The van der Waals surface area contributed by atoms with Crippen LogP contribution in [0, 0.1) is 10.1 Å². The number of hydrogen-bond donors (Lipinski definition) is 2. The van der Waals surface area contributed by atoms with Crippen molar-refractivity contribution in [3.05, 3.63) is 33.9 Å². The Morgan fingerprint density at radius 2 is 2.00 bits per heavy atom. The average Bonchev–Trinajstić information content (AvgIpc) is 2.25. The summed E-state index contributed by atoms with van der Waals surface area (Å²) in [7, 11) is -2.21. The molecule has 2 N–H and O–H groups in total. The normalized spacial score (nSPS) is 10.8. The van der Waals surface area contributed by atoms with Crippen LogP contribution < -0.4 is 10.0 Å². The molecular formula is C9H11N3O5S. The Morgan fingerprint density at radius 3 is 2.44 bits per heavy atom. The van der Waals surface area contributed by atoms with Crippen molar-refractivity contribution < 1.29 is 18.1 Å². The monoisotopic (exact) mass is 273 g/mol. The molecule has 0 aliphatic heterocycles. The van der Waals surface area contributed by atoms with Crippen molar-refractivity contribution in [1.29, 1.82) is 0 Å². The fraction of sp³-hybridized carbons (Fsp3) is 0.222. The fourth-order valence-electron chi connectivity index (χ4n) is 1.26. The number of anilines is 1. The zero-order valence-electron chi connectivity index (χ0n) is 9.63. The molecule has 8 nitrogen and oxygen atoms in total. The lowest BCUT2D eigenvalue weighted by Crippen LogP contribution is -2.29. The first-order chi connectivity index (χ1) is 8.24. The van der Waals surface area contributed by atoms with Crippen LogP contribution in [0.5, 0.6) is 0 Å². The quantitative estimate of drug-likeness (QED) is 0.602. The Hall–Kier alpha value is -2.16. The Bertz CT molecular complexity index is 596. The Balaban J connectivity index is 3.13. The highest BCUT2D eigenvalue weighted by atomic mass is 32.2. The van der Waals surface area contributed by atoms with E-state index in [1.54, 1.807) is 4.72 Å². The van der Waals surface area contributed by atoms with E-state index in [1.807, 2.05) is 0 Å². The van der Waals surface area contributed by atoms with Gasteiger partial charge in [0.15, 0.2) is 0 Å². The van der Waals surface area contributed by atoms with Gasteiger partial charge >= 0.3 is 0 Å². The van der Waals surface area contributed by atoms with Gasteiger partial charge in [-0.2, -0.15) is 0 Å². The lowest BCUT2D eigenvalue weighted by molar-refractivity contribution is -0.383. The first-order valence-electron chi connectivity index (χ1n) is 4.73. The summed E-state index contributed by atoms with van der Waals surface area (Å²) in [5.41, 5.74) is -0.0649. The highest BCUT2D eigenvalue weighted by Gasteiger charge is 2.17. The van der Waals surface area contributed by atoms with E-state index in [4.69, 9.17) is 0 Å². The van der Waals surface area contributed by atoms with Gasteiger partial charge in [-0.25, -0.2) is 13.1 Å². The van der Waals surface area contributed by atoms with Gasteiger partial charge in [0.2, 0.25) is 10.0 Å². The number of nitro groups is 1. The van der Waals surface area contributed by atoms with E-state index in [0.29, 0.717) is 0 Å². The molecule has 0 saturated heterocycles. The van der Waals surface area contributed by atoms with E-state index in [1.165, 1.54) is 19.2 Å². The number of carbonyl (C=O) groups is 1. The number of nitrogens with one attached hydrogen (secondary N) is 2. The molecular weight excluding hydrogens is 262 g/mol. The molecule has 0 aliphatic rings. The van der Waals surface area contributed by atoms with Gasteiger partial charge in [0, 0.05) is 18.7 Å². The van der Waals surface area contributed by atoms with Gasteiger partial charge in [-0.15, -0.1) is 0 Å². The summed E-state index contributed by atoms with van der Waals surface area (Å²) >= 11 is 0. The second-order valence-corrected chi connectivity index (χ2v) is 5.19. The van der Waals surface area contributed by atoms with Crippen LogP contribution in [-0.4, -0.2) is 32.6 Å². The Morgan fingerprint density at radius 1 is 1.39 bits per heavy atom. The number of carbonyl (C=O) groups excluding carboxylic acids is 1. The molecule has 0 saturated carbocycles. The van der Waals surface area contributed by atoms with Crippen LogP contribution in [0.15, 0.2) is 18.2 Å². The lowest BCUT2D eigenvalue weighted by atomic mass is 10.1. The molecule has 98 valence electrons. The predicted octanol–water partition coefficient (Wildman–Crippen LogP) is 0.326. The molecule has 0 aromatic heterocycles. The van der Waals surface area contributed by atoms with Crippen molar-refractivity contribution >= 4 is 27.3 Å². The third kappa shape index (κ3) is 3.42. The summed E-state index contributed by atoms with van der Waals surface area (Å²) < 4.78 is 23.5.